The summed E-state index contributed by atoms with van der Waals surface area (Å²) in [6, 6.07) is 8.62. The van der Waals surface area contributed by atoms with E-state index < -0.39 is 5.41 Å². The third-order valence-corrected chi connectivity index (χ3v) is 5.11. The summed E-state index contributed by atoms with van der Waals surface area (Å²) in [4.78, 5) is 15.0. The average molecular weight is 339 g/mol. The first-order chi connectivity index (χ1) is 10.4. The zero-order valence-corrected chi connectivity index (χ0v) is 15.7. The molecular weight excluding hydrogens is 308 g/mol. The first-order valence-corrected chi connectivity index (χ1v) is 8.50. The van der Waals surface area contributed by atoms with Gasteiger partial charge in [0.05, 0.1) is 5.41 Å². The summed E-state index contributed by atoms with van der Waals surface area (Å²) < 4.78 is 0. The monoisotopic (exact) mass is 338 g/mol. The van der Waals surface area contributed by atoms with Crippen LogP contribution in [-0.4, -0.2) is 29.9 Å². The number of carbonyl (C=O) groups excluding carboxylic acids is 1. The molecule has 1 aromatic carbocycles. The van der Waals surface area contributed by atoms with Crippen molar-refractivity contribution in [3.63, 3.8) is 0 Å². The minimum Gasteiger partial charge on any atom is -0.342 e. The molecule has 2 atom stereocenters. The second kappa shape index (κ2) is 8.16. The number of hydrogen-bond acceptors (Lipinski definition) is 2. The van der Waals surface area contributed by atoms with E-state index >= 15 is 0 Å². The highest BCUT2D eigenvalue weighted by atomic mass is 35.5. The molecule has 0 aliphatic carbocycles. The van der Waals surface area contributed by atoms with Gasteiger partial charge in [-0.1, -0.05) is 31.2 Å². The van der Waals surface area contributed by atoms with Gasteiger partial charge in [0.2, 0.25) is 5.91 Å². The van der Waals surface area contributed by atoms with E-state index in [1.165, 1.54) is 5.56 Å². The van der Waals surface area contributed by atoms with E-state index in [0.717, 1.165) is 37.9 Å². The molecule has 0 saturated carbocycles. The van der Waals surface area contributed by atoms with Crippen molar-refractivity contribution in [1.29, 1.82) is 0 Å². The van der Waals surface area contributed by atoms with Crippen molar-refractivity contribution in [3.05, 3.63) is 35.4 Å². The first-order valence-electron chi connectivity index (χ1n) is 8.50. The van der Waals surface area contributed by atoms with E-state index in [2.05, 4.69) is 31.2 Å². The van der Waals surface area contributed by atoms with Crippen LogP contribution in [-0.2, 0) is 16.6 Å². The van der Waals surface area contributed by atoms with Crippen LogP contribution < -0.4 is 5.73 Å². The summed E-state index contributed by atoms with van der Waals surface area (Å²) in [5.41, 5.74) is 7.97. The predicted molar refractivity (Wildman–Crippen MR) is 99.0 cm³/mol. The van der Waals surface area contributed by atoms with Crippen LogP contribution in [0, 0.1) is 5.92 Å². The van der Waals surface area contributed by atoms with Crippen LogP contribution in [0.5, 0.6) is 0 Å². The highest BCUT2D eigenvalue weighted by molar-refractivity contribution is 5.87. The van der Waals surface area contributed by atoms with Crippen LogP contribution in [0.4, 0.5) is 0 Å². The number of carbonyl (C=O) groups is 1. The lowest BCUT2D eigenvalue weighted by Crippen LogP contribution is -2.50. The summed E-state index contributed by atoms with van der Waals surface area (Å²) in [5, 5.41) is 0. The van der Waals surface area contributed by atoms with Gasteiger partial charge < -0.3 is 10.6 Å². The number of hydrogen-bond donors (Lipinski definition) is 1. The first kappa shape index (κ1) is 20.0. The number of benzene rings is 1. The Morgan fingerprint density at radius 3 is 2.48 bits per heavy atom. The molecule has 130 valence electrons. The molecule has 2 rings (SSSR count). The topological polar surface area (TPSA) is 46.3 Å². The fourth-order valence-corrected chi connectivity index (χ4v) is 3.30. The number of likely N-dealkylation sites (tertiary alicyclic amines) is 1. The number of halogens is 1. The molecule has 0 radical (unpaired) electrons. The zero-order chi connectivity index (χ0) is 16.3. The van der Waals surface area contributed by atoms with E-state index in [9.17, 15) is 4.79 Å². The molecule has 2 unspecified atom stereocenters. The smallest absolute Gasteiger partial charge is 0.232 e. The quantitative estimate of drug-likeness (QED) is 0.912. The second-order valence-electron chi connectivity index (χ2n) is 7.19. The average Bonchev–Trinajstić information content (AvgIpc) is 2.54. The summed E-state index contributed by atoms with van der Waals surface area (Å²) in [7, 11) is 0. The molecule has 1 fully saturated rings. The van der Waals surface area contributed by atoms with Gasteiger partial charge in [-0.05, 0) is 57.1 Å². The van der Waals surface area contributed by atoms with Crippen LogP contribution in [0.15, 0.2) is 24.3 Å². The lowest BCUT2D eigenvalue weighted by Gasteiger charge is -2.39. The van der Waals surface area contributed by atoms with Crippen molar-refractivity contribution in [2.75, 3.05) is 13.1 Å². The molecule has 1 aliphatic heterocycles. The number of piperidine rings is 1. The molecule has 1 amide bonds. The molecule has 1 aliphatic rings. The Bertz CT molecular complexity index is 511. The molecule has 1 heterocycles. The Morgan fingerprint density at radius 2 is 1.96 bits per heavy atom. The highest BCUT2D eigenvalue weighted by Gasteiger charge is 2.36. The minimum absolute atomic E-state index is 0. The third-order valence-electron chi connectivity index (χ3n) is 5.11. The summed E-state index contributed by atoms with van der Waals surface area (Å²) in [6.07, 6.45) is 3.21. The molecule has 0 aromatic heterocycles. The van der Waals surface area contributed by atoms with E-state index in [1.54, 1.807) is 0 Å². The van der Waals surface area contributed by atoms with Crippen molar-refractivity contribution < 1.29 is 4.79 Å². The van der Waals surface area contributed by atoms with Crippen molar-refractivity contribution in [2.45, 2.75) is 58.4 Å². The maximum absolute atomic E-state index is 13.0. The van der Waals surface area contributed by atoms with E-state index in [4.69, 9.17) is 5.73 Å². The van der Waals surface area contributed by atoms with Crippen molar-refractivity contribution in [2.24, 2.45) is 11.7 Å². The Hall–Kier alpha value is -1.06. The van der Waals surface area contributed by atoms with Gasteiger partial charge in [-0.2, -0.15) is 0 Å². The molecule has 1 saturated heterocycles. The summed E-state index contributed by atoms with van der Waals surface area (Å²) in [6.45, 7) is 9.92. The maximum atomic E-state index is 13.0. The van der Waals surface area contributed by atoms with Gasteiger partial charge in [-0.15, -0.1) is 12.4 Å². The highest BCUT2D eigenvalue weighted by Crippen LogP contribution is 2.29. The number of aryl methyl sites for hydroxylation is 1. The molecule has 4 heteroatoms. The molecule has 1 aromatic rings. The van der Waals surface area contributed by atoms with Crippen molar-refractivity contribution in [1.82, 2.24) is 4.90 Å². The molecule has 3 nitrogen and oxygen atoms in total. The second-order valence-corrected chi connectivity index (χ2v) is 7.19. The Labute approximate surface area is 147 Å². The Balaban J connectivity index is 0.00000264. The summed E-state index contributed by atoms with van der Waals surface area (Å²) in [5.74, 6) is 0.651. The van der Waals surface area contributed by atoms with Gasteiger partial charge in [0.1, 0.15) is 0 Å². The molecule has 0 bridgehead atoms. The van der Waals surface area contributed by atoms with E-state index in [-0.39, 0.29) is 24.4 Å². The van der Waals surface area contributed by atoms with Crippen molar-refractivity contribution >= 4 is 18.3 Å². The van der Waals surface area contributed by atoms with Crippen LogP contribution in [0.2, 0.25) is 0 Å². The zero-order valence-electron chi connectivity index (χ0n) is 14.8. The largest absolute Gasteiger partial charge is 0.342 e. The SMILES string of the molecule is CCc1ccc(C(C)(C)C(=O)N2CCCC(C(C)N)C2)cc1.Cl. The van der Waals surface area contributed by atoms with Crippen LogP contribution in [0.3, 0.4) is 0 Å². The van der Waals surface area contributed by atoms with Crippen LogP contribution in [0.25, 0.3) is 0 Å². The molecule has 23 heavy (non-hydrogen) atoms. The molecule has 0 spiro atoms. The third kappa shape index (κ3) is 4.48. The van der Waals surface area contributed by atoms with Gasteiger partial charge in [0.15, 0.2) is 0 Å². The predicted octanol–water partition coefficient (Wildman–Crippen LogP) is 3.53. The number of rotatable bonds is 4. The minimum atomic E-state index is -0.480. The van der Waals surface area contributed by atoms with Crippen LogP contribution in [0.1, 0.15) is 51.7 Å². The Kier molecular flexibility index (Phi) is 7.09. The van der Waals surface area contributed by atoms with Crippen LogP contribution >= 0.6 is 12.4 Å². The standard InChI is InChI=1S/C19H30N2O.ClH/c1-5-15-8-10-17(11-9-15)19(3,4)18(22)21-12-6-7-16(13-21)14(2)20;/h8-11,14,16H,5-7,12-13,20H2,1-4H3;1H. The Morgan fingerprint density at radius 1 is 1.35 bits per heavy atom. The molecular formula is C19H31ClN2O. The fourth-order valence-electron chi connectivity index (χ4n) is 3.30. The lowest BCUT2D eigenvalue weighted by atomic mass is 9.81. The van der Waals surface area contributed by atoms with Crippen molar-refractivity contribution in [3.8, 4) is 0 Å². The number of amides is 1. The normalized spacial score (nSPS) is 19.9. The van der Waals surface area contributed by atoms with Gasteiger partial charge in [0.25, 0.3) is 0 Å². The van der Waals surface area contributed by atoms with Gasteiger partial charge in [-0.3, -0.25) is 4.79 Å². The summed E-state index contributed by atoms with van der Waals surface area (Å²) >= 11 is 0. The fraction of sp³-hybridized carbons (Fsp3) is 0.632. The van der Waals surface area contributed by atoms with E-state index in [0.29, 0.717) is 5.92 Å². The van der Waals surface area contributed by atoms with E-state index in [1.807, 2.05) is 25.7 Å². The lowest BCUT2D eigenvalue weighted by molar-refractivity contribution is -0.138. The van der Waals surface area contributed by atoms with Gasteiger partial charge >= 0.3 is 0 Å². The number of nitrogens with two attached hydrogens (primary N) is 1. The van der Waals surface area contributed by atoms with Gasteiger partial charge in [-0.25, -0.2) is 0 Å². The van der Waals surface area contributed by atoms with Gasteiger partial charge in [0, 0.05) is 19.1 Å². The molecule has 2 N–H and O–H groups in total. The maximum Gasteiger partial charge on any atom is 0.232 e. The number of nitrogens with zero attached hydrogens (tertiary/aromatic N) is 1.